The van der Waals surface area contributed by atoms with Crippen LogP contribution in [-0.4, -0.2) is 40.8 Å². The van der Waals surface area contributed by atoms with Gasteiger partial charge in [-0.1, -0.05) is 18.2 Å². The van der Waals surface area contributed by atoms with Gasteiger partial charge in [-0.3, -0.25) is 14.7 Å². The van der Waals surface area contributed by atoms with Gasteiger partial charge in [0.25, 0.3) is 5.91 Å². The number of hydrogen-bond donors (Lipinski definition) is 3. The number of ether oxygens (including phenoxy) is 1. The first-order chi connectivity index (χ1) is 13.5. The number of carbonyl (C=O) groups excluding carboxylic acids is 1. The second-order valence-electron chi connectivity index (χ2n) is 6.34. The maximum absolute atomic E-state index is 12.4. The maximum Gasteiger partial charge on any atom is 0.308 e. The van der Waals surface area contributed by atoms with E-state index >= 15 is 0 Å². The standard InChI is InChI=1S/C20H21N3O5/c1-12-7-8-18(28-12)15-10-16(23-22-15)19(24)21-11-14(20(25)26)9-13-5-3-4-6-17(13)27-2/h3-8,10,14H,9,11H2,1-2H3,(H,21,24)(H,22,23)(H,25,26). The Labute approximate surface area is 161 Å². The molecule has 0 saturated heterocycles. The lowest BCUT2D eigenvalue weighted by Crippen LogP contribution is -2.34. The second kappa shape index (κ2) is 8.43. The van der Waals surface area contributed by atoms with Crippen LogP contribution in [0, 0.1) is 12.8 Å². The lowest BCUT2D eigenvalue weighted by Gasteiger charge is -2.15. The quantitative estimate of drug-likeness (QED) is 0.550. The molecule has 0 spiro atoms. The molecule has 3 rings (SSSR count). The number of hydrogen-bond acceptors (Lipinski definition) is 5. The van der Waals surface area contributed by atoms with E-state index in [2.05, 4.69) is 15.5 Å². The first kappa shape index (κ1) is 19.2. The van der Waals surface area contributed by atoms with Gasteiger partial charge in [0.05, 0.1) is 13.0 Å². The van der Waals surface area contributed by atoms with Gasteiger partial charge in [-0.2, -0.15) is 5.10 Å². The Morgan fingerprint density at radius 1 is 1.29 bits per heavy atom. The van der Waals surface area contributed by atoms with Crippen LogP contribution in [0.25, 0.3) is 11.5 Å². The summed E-state index contributed by atoms with van der Waals surface area (Å²) in [5.41, 5.74) is 1.49. The van der Waals surface area contributed by atoms with Crippen LogP contribution in [-0.2, 0) is 11.2 Å². The maximum atomic E-state index is 12.4. The highest BCUT2D eigenvalue weighted by atomic mass is 16.5. The molecule has 0 aliphatic rings. The van der Waals surface area contributed by atoms with Gasteiger partial charge in [-0.25, -0.2) is 0 Å². The summed E-state index contributed by atoms with van der Waals surface area (Å²) in [5, 5.41) is 18.9. The number of carboxylic acids is 1. The van der Waals surface area contributed by atoms with E-state index in [1.165, 1.54) is 7.11 Å². The zero-order chi connectivity index (χ0) is 20.1. The normalized spacial score (nSPS) is 11.8. The number of carboxylic acid groups (broad SMARTS) is 1. The van der Waals surface area contributed by atoms with Crippen molar-refractivity contribution in [3.8, 4) is 17.2 Å². The van der Waals surface area contributed by atoms with Crippen molar-refractivity contribution in [3.05, 3.63) is 59.5 Å². The molecular weight excluding hydrogens is 362 g/mol. The SMILES string of the molecule is COc1ccccc1CC(CNC(=O)c1cc(-c2ccc(C)o2)[nH]n1)C(=O)O. The minimum Gasteiger partial charge on any atom is -0.496 e. The molecule has 146 valence electrons. The zero-order valence-corrected chi connectivity index (χ0v) is 15.6. The number of carbonyl (C=O) groups is 2. The average molecular weight is 383 g/mol. The Kier molecular flexibility index (Phi) is 5.78. The van der Waals surface area contributed by atoms with Gasteiger partial charge < -0.3 is 19.6 Å². The first-order valence-electron chi connectivity index (χ1n) is 8.73. The smallest absolute Gasteiger partial charge is 0.308 e. The molecule has 0 aliphatic carbocycles. The molecule has 2 heterocycles. The molecule has 0 saturated carbocycles. The zero-order valence-electron chi connectivity index (χ0n) is 15.6. The third-order valence-electron chi connectivity index (χ3n) is 4.33. The third-order valence-corrected chi connectivity index (χ3v) is 4.33. The number of amides is 1. The number of nitrogens with one attached hydrogen (secondary N) is 2. The molecule has 1 amide bonds. The molecule has 0 fully saturated rings. The summed E-state index contributed by atoms with van der Waals surface area (Å²) in [6, 6.07) is 12.4. The van der Waals surface area contributed by atoms with Gasteiger partial charge in [-0.05, 0) is 37.1 Å². The summed E-state index contributed by atoms with van der Waals surface area (Å²) in [7, 11) is 1.53. The van der Waals surface area contributed by atoms with E-state index in [0.29, 0.717) is 17.2 Å². The number of rotatable bonds is 8. The van der Waals surface area contributed by atoms with Crippen molar-refractivity contribution in [1.29, 1.82) is 0 Å². The van der Waals surface area contributed by atoms with E-state index in [1.807, 2.05) is 31.2 Å². The van der Waals surface area contributed by atoms with Gasteiger partial charge in [0.1, 0.15) is 17.2 Å². The molecule has 8 nitrogen and oxygen atoms in total. The molecule has 0 bridgehead atoms. The molecule has 1 aromatic carbocycles. The summed E-state index contributed by atoms with van der Waals surface area (Å²) in [5.74, 6) is -0.325. The van der Waals surface area contributed by atoms with Crippen LogP contribution in [0.5, 0.6) is 5.75 Å². The number of furan rings is 1. The van der Waals surface area contributed by atoms with Gasteiger partial charge in [0.15, 0.2) is 11.5 Å². The molecular formula is C20H21N3O5. The Balaban J connectivity index is 1.64. The Bertz CT molecular complexity index is 976. The number of benzene rings is 1. The predicted molar refractivity (Wildman–Crippen MR) is 101 cm³/mol. The Morgan fingerprint density at radius 3 is 2.75 bits per heavy atom. The summed E-state index contributed by atoms with van der Waals surface area (Å²) in [4.78, 5) is 24.0. The average Bonchev–Trinajstić information content (AvgIpc) is 3.34. The van der Waals surface area contributed by atoms with Gasteiger partial charge in [0.2, 0.25) is 0 Å². The molecule has 8 heteroatoms. The van der Waals surface area contributed by atoms with Crippen molar-refractivity contribution < 1.29 is 23.8 Å². The van der Waals surface area contributed by atoms with E-state index in [1.54, 1.807) is 18.2 Å². The number of methoxy groups -OCH3 is 1. The van der Waals surface area contributed by atoms with Crippen molar-refractivity contribution in [3.63, 3.8) is 0 Å². The van der Waals surface area contributed by atoms with Crippen LogP contribution >= 0.6 is 0 Å². The minimum atomic E-state index is -1.00. The second-order valence-corrected chi connectivity index (χ2v) is 6.34. The Hall–Kier alpha value is -3.55. The number of aryl methyl sites for hydroxylation is 1. The minimum absolute atomic E-state index is 0.0335. The van der Waals surface area contributed by atoms with Crippen LogP contribution in [0.1, 0.15) is 21.8 Å². The number of aromatic amines is 1. The summed E-state index contributed by atoms with van der Waals surface area (Å²) < 4.78 is 10.8. The van der Waals surface area contributed by atoms with Crippen molar-refractivity contribution >= 4 is 11.9 Å². The summed E-state index contributed by atoms with van der Waals surface area (Å²) >= 11 is 0. The molecule has 1 unspecified atom stereocenters. The number of nitrogens with zero attached hydrogens (tertiary/aromatic N) is 1. The molecule has 0 radical (unpaired) electrons. The van der Waals surface area contributed by atoms with Crippen LogP contribution < -0.4 is 10.1 Å². The third kappa shape index (κ3) is 4.40. The van der Waals surface area contributed by atoms with Crippen molar-refractivity contribution in [2.75, 3.05) is 13.7 Å². The highest BCUT2D eigenvalue weighted by Gasteiger charge is 2.22. The lowest BCUT2D eigenvalue weighted by atomic mass is 9.98. The molecule has 1 atom stereocenters. The summed E-state index contributed by atoms with van der Waals surface area (Å²) in [6.07, 6.45) is 0.233. The van der Waals surface area contributed by atoms with E-state index in [4.69, 9.17) is 9.15 Å². The van der Waals surface area contributed by atoms with Gasteiger partial charge >= 0.3 is 5.97 Å². The van der Waals surface area contributed by atoms with E-state index in [-0.39, 0.29) is 18.7 Å². The molecule has 28 heavy (non-hydrogen) atoms. The van der Waals surface area contributed by atoms with E-state index < -0.39 is 17.8 Å². The highest BCUT2D eigenvalue weighted by Crippen LogP contribution is 2.22. The molecule has 2 aromatic heterocycles. The number of H-pyrrole nitrogens is 1. The fourth-order valence-electron chi connectivity index (χ4n) is 2.83. The largest absolute Gasteiger partial charge is 0.496 e. The summed E-state index contributed by atoms with van der Waals surface area (Å²) in [6.45, 7) is 1.79. The van der Waals surface area contributed by atoms with Crippen molar-refractivity contribution in [2.45, 2.75) is 13.3 Å². The van der Waals surface area contributed by atoms with Crippen LogP contribution in [0.2, 0.25) is 0 Å². The molecule has 3 N–H and O–H groups in total. The lowest BCUT2D eigenvalue weighted by molar-refractivity contribution is -0.141. The number of aliphatic carboxylic acids is 1. The van der Waals surface area contributed by atoms with Crippen LogP contribution in [0.15, 0.2) is 46.9 Å². The highest BCUT2D eigenvalue weighted by molar-refractivity contribution is 5.93. The number of para-hydroxylation sites is 1. The fourth-order valence-corrected chi connectivity index (χ4v) is 2.83. The van der Waals surface area contributed by atoms with Crippen molar-refractivity contribution in [1.82, 2.24) is 15.5 Å². The van der Waals surface area contributed by atoms with Crippen molar-refractivity contribution in [2.24, 2.45) is 5.92 Å². The fraction of sp³-hybridized carbons (Fsp3) is 0.250. The molecule has 0 aliphatic heterocycles. The van der Waals surface area contributed by atoms with Crippen LogP contribution in [0.4, 0.5) is 0 Å². The van der Waals surface area contributed by atoms with Crippen LogP contribution in [0.3, 0.4) is 0 Å². The molecule has 3 aromatic rings. The Morgan fingerprint density at radius 2 is 2.07 bits per heavy atom. The van der Waals surface area contributed by atoms with E-state index in [0.717, 1.165) is 11.3 Å². The predicted octanol–water partition coefficient (Wildman–Crippen LogP) is 2.66. The monoisotopic (exact) mass is 383 g/mol. The first-order valence-corrected chi connectivity index (χ1v) is 8.73. The van der Waals surface area contributed by atoms with Gasteiger partial charge in [0, 0.05) is 12.6 Å². The number of aromatic nitrogens is 2. The van der Waals surface area contributed by atoms with E-state index in [9.17, 15) is 14.7 Å². The van der Waals surface area contributed by atoms with Gasteiger partial charge in [-0.15, -0.1) is 0 Å². The topological polar surface area (TPSA) is 117 Å².